The Balaban J connectivity index is 1.73. The molecule has 0 bridgehead atoms. The minimum Gasteiger partial charge on any atom is -0.490 e. The van der Waals surface area contributed by atoms with E-state index in [2.05, 4.69) is 15.6 Å². The van der Waals surface area contributed by atoms with Gasteiger partial charge in [0.2, 0.25) is 0 Å². The molecular weight excluding hydrogens is 493 g/mol. The number of nitriles is 1. The van der Waals surface area contributed by atoms with Gasteiger partial charge in [0.15, 0.2) is 5.43 Å². The Morgan fingerprint density at radius 2 is 1.89 bits per heavy atom. The highest BCUT2D eigenvalue weighted by Gasteiger charge is 2.29. The molecule has 6 rings (SSSR count). The van der Waals surface area contributed by atoms with Gasteiger partial charge in [-0.25, -0.2) is 0 Å². The van der Waals surface area contributed by atoms with Gasteiger partial charge < -0.3 is 14.3 Å². The van der Waals surface area contributed by atoms with E-state index >= 15 is 0 Å². The Morgan fingerprint density at radius 3 is 2.57 bits per heavy atom. The van der Waals surface area contributed by atoms with Crippen molar-refractivity contribution in [1.29, 1.82) is 5.26 Å². The van der Waals surface area contributed by atoms with Gasteiger partial charge in [0.25, 0.3) is 0 Å². The number of aromatic nitrogens is 2. The molecule has 2 aromatic heterocycles. The Morgan fingerprint density at radius 1 is 1.11 bits per heavy atom. The van der Waals surface area contributed by atoms with Gasteiger partial charge >= 0.3 is 10.2 Å². The summed E-state index contributed by atoms with van der Waals surface area (Å²) in [5, 5.41) is 11.1. The van der Waals surface area contributed by atoms with Crippen molar-refractivity contribution in [3.8, 4) is 22.9 Å². The molecule has 0 unspecified atom stereocenters. The van der Waals surface area contributed by atoms with Crippen LogP contribution in [0.4, 0.5) is 3.89 Å². The lowest BCUT2D eigenvalue weighted by Crippen LogP contribution is -2.12. The highest BCUT2D eigenvalue weighted by molar-refractivity contribution is 7.86. The van der Waals surface area contributed by atoms with E-state index in [0.29, 0.717) is 49.9 Å². The lowest BCUT2D eigenvalue weighted by molar-refractivity contribution is 0.244. The van der Waals surface area contributed by atoms with E-state index in [1.807, 2.05) is 19.9 Å². The lowest BCUT2D eigenvalue weighted by Gasteiger charge is -2.19. The molecule has 5 aromatic rings. The van der Waals surface area contributed by atoms with Crippen molar-refractivity contribution in [2.45, 2.75) is 43.7 Å². The highest BCUT2D eigenvalue weighted by atomic mass is 32.3. The number of rotatable bonds is 5. The molecule has 37 heavy (non-hydrogen) atoms. The second-order valence-electron chi connectivity index (χ2n) is 9.65. The van der Waals surface area contributed by atoms with E-state index < -0.39 is 15.1 Å². The van der Waals surface area contributed by atoms with E-state index in [0.717, 1.165) is 18.2 Å². The largest absolute Gasteiger partial charge is 0.490 e. The average Bonchev–Trinajstić information content (AvgIpc) is 3.62. The standard InChI is InChI=1S/C28H22FN3O4S/c1-15(2)36-25-13-22-24(12-21(25)17-4-3-5-19(11-17)37(29,34)35)32(18-7-8-18)28-26(27(22)33)20-9-6-16(14-30)10-23(20)31-28/h3-6,9-13,15,18,31H,7-8H2,1-2H3. The summed E-state index contributed by atoms with van der Waals surface area (Å²) in [7, 11) is -4.90. The Hall–Kier alpha value is -4.16. The molecule has 0 amide bonds. The maximum absolute atomic E-state index is 13.9. The molecule has 0 radical (unpaired) electrons. The molecule has 7 nitrogen and oxygen atoms in total. The van der Waals surface area contributed by atoms with Crippen molar-refractivity contribution in [1.82, 2.24) is 9.55 Å². The predicted octanol–water partition coefficient (Wildman–Crippen LogP) is 5.95. The van der Waals surface area contributed by atoms with Crippen LogP contribution < -0.4 is 10.2 Å². The van der Waals surface area contributed by atoms with Gasteiger partial charge in [0.1, 0.15) is 11.4 Å². The number of aromatic amines is 1. The summed E-state index contributed by atoms with van der Waals surface area (Å²) in [5.74, 6) is 0.404. The first-order valence-electron chi connectivity index (χ1n) is 12.0. The van der Waals surface area contributed by atoms with Crippen molar-refractivity contribution in [3.63, 3.8) is 0 Å². The molecule has 1 saturated carbocycles. The maximum atomic E-state index is 13.9. The first-order valence-corrected chi connectivity index (χ1v) is 13.3. The molecule has 9 heteroatoms. The molecule has 3 aromatic carbocycles. The molecule has 0 atom stereocenters. The van der Waals surface area contributed by atoms with E-state index in [9.17, 15) is 22.4 Å². The molecule has 1 aliphatic rings. The van der Waals surface area contributed by atoms with E-state index in [4.69, 9.17) is 4.74 Å². The predicted molar refractivity (Wildman–Crippen MR) is 140 cm³/mol. The fourth-order valence-corrected chi connectivity index (χ4v) is 5.48. The van der Waals surface area contributed by atoms with Gasteiger partial charge in [-0.3, -0.25) is 4.79 Å². The van der Waals surface area contributed by atoms with Crippen LogP contribution in [0.1, 0.15) is 38.3 Å². The summed E-state index contributed by atoms with van der Waals surface area (Å²) in [6.07, 6.45) is 1.67. The number of hydrogen-bond acceptors (Lipinski definition) is 5. The number of halogens is 1. The molecule has 0 aliphatic heterocycles. The zero-order valence-electron chi connectivity index (χ0n) is 20.1. The smallest absolute Gasteiger partial charge is 0.332 e. The van der Waals surface area contributed by atoms with Gasteiger partial charge in [0, 0.05) is 22.5 Å². The van der Waals surface area contributed by atoms with Gasteiger partial charge in [-0.1, -0.05) is 18.2 Å². The molecule has 186 valence electrons. The van der Waals surface area contributed by atoms with Crippen molar-refractivity contribution >= 4 is 43.1 Å². The maximum Gasteiger partial charge on any atom is 0.332 e. The zero-order chi connectivity index (χ0) is 26.1. The van der Waals surface area contributed by atoms with Crippen LogP contribution in [0.25, 0.3) is 44.0 Å². The lowest BCUT2D eigenvalue weighted by atomic mass is 10.0. The van der Waals surface area contributed by atoms with Crippen molar-refractivity contribution in [2.75, 3.05) is 0 Å². The van der Waals surface area contributed by atoms with E-state index in [1.165, 1.54) is 18.2 Å². The topological polar surface area (TPSA) is 105 Å². The molecule has 1 aliphatic carbocycles. The number of nitrogens with zero attached hydrogens (tertiary/aromatic N) is 2. The average molecular weight is 516 g/mol. The molecule has 1 fully saturated rings. The molecule has 2 heterocycles. The number of benzene rings is 3. The van der Waals surface area contributed by atoms with Gasteiger partial charge in [-0.15, -0.1) is 3.89 Å². The van der Waals surface area contributed by atoms with Crippen molar-refractivity contribution in [3.05, 3.63) is 70.4 Å². The minimum absolute atomic E-state index is 0.168. The normalized spacial score (nSPS) is 14.0. The number of nitrogens with one attached hydrogen (secondary N) is 1. The number of pyridine rings is 1. The third-order valence-corrected chi connectivity index (χ3v) is 7.50. The Bertz CT molecular complexity index is 1960. The summed E-state index contributed by atoms with van der Waals surface area (Å²) in [6, 6.07) is 16.7. The Labute approximate surface area is 211 Å². The molecular formula is C28H22FN3O4S. The summed E-state index contributed by atoms with van der Waals surface area (Å²) >= 11 is 0. The van der Waals surface area contributed by atoms with Gasteiger partial charge in [-0.2, -0.15) is 13.7 Å². The summed E-state index contributed by atoms with van der Waals surface area (Å²) in [4.78, 5) is 16.8. The summed E-state index contributed by atoms with van der Waals surface area (Å²) in [5.41, 5.74) is 3.39. The van der Waals surface area contributed by atoms with Crippen LogP contribution >= 0.6 is 0 Å². The second-order valence-corrected chi connectivity index (χ2v) is 11.0. The van der Waals surface area contributed by atoms with Crippen LogP contribution in [-0.4, -0.2) is 24.1 Å². The van der Waals surface area contributed by atoms with Crippen LogP contribution in [0.2, 0.25) is 0 Å². The van der Waals surface area contributed by atoms with Gasteiger partial charge in [-0.05, 0) is 68.7 Å². The van der Waals surface area contributed by atoms with Gasteiger partial charge in [0.05, 0.1) is 38.9 Å². The number of ether oxygens (including phenoxy) is 1. The third-order valence-electron chi connectivity index (χ3n) is 6.68. The monoisotopic (exact) mass is 515 g/mol. The first kappa shape index (κ1) is 23.3. The zero-order valence-corrected chi connectivity index (χ0v) is 20.9. The van der Waals surface area contributed by atoms with Crippen molar-refractivity contribution < 1.29 is 17.0 Å². The molecule has 0 spiro atoms. The fourth-order valence-electron chi connectivity index (χ4n) is 4.97. The number of hydrogen-bond donors (Lipinski definition) is 1. The van der Waals surface area contributed by atoms with E-state index in [1.54, 1.807) is 30.3 Å². The molecule has 0 saturated heterocycles. The van der Waals surface area contributed by atoms with Crippen molar-refractivity contribution in [2.24, 2.45) is 0 Å². The van der Waals surface area contributed by atoms with Crippen LogP contribution in [0.3, 0.4) is 0 Å². The van der Waals surface area contributed by atoms with Crippen LogP contribution in [0.5, 0.6) is 5.75 Å². The fraction of sp³-hybridized carbons (Fsp3) is 0.214. The quantitative estimate of drug-likeness (QED) is 0.291. The number of H-pyrrole nitrogens is 1. The number of fused-ring (bicyclic) bond motifs is 4. The molecule has 1 N–H and O–H groups in total. The van der Waals surface area contributed by atoms with E-state index in [-0.39, 0.29) is 17.6 Å². The summed E-state index contributed by atoms with van der Waals surface area (Å²) < 4.78 is 45.2. The van der Waals surface area contributed by atoms with Crippen LogP contribution in [0, 0.1) is 11.3 Å². The first-order chi connectivity index (χ1) is 17.7. The van der Waals surface area contributed by atoms with Crippen LogP contribution in [-0.2, 0) is 10.2 Å². The second kappa shape index (κ2) is 8.18. The summed E-state index contributed by atoms with van der Waals surface area (Å²) in [6.45, 7) is 3.71. The SMILES string of the molecule is CC(C)Oc1cc2c(=O)c3c4ccc(C#N)cc4[nH]c3n(C3CC3)c2cc1-c1cccc(S(=O)(=O)F)c1. The minimum atomic E-state index is -4.90. The highest BCUT2D eigenvalue weighted by Crippen LogP contribution is 2.43. The van der Waals surface area contributed by atoms with Crippen LogP contribution in [0.15, 0.2) is 64.3 Å². The third kappa shape index (κ3) is 3.85. The Kier molecular flexibility index (Phi) is 5.14.